The molecule has 1 N–H and O–H groups in total. The van der Waals surface area contributed by atoms with E-state index in [-0.39, 0.29) is 0 Å². The fraction of sp³-hybridized carbons (Fsp3) is 0.133. The second-order valence-corrected chi connectivity index (χ2v) is 3.84. The molecule has 98 valence electrons. The number of hydrazone groups is 1. The minimum Gasteiger partial charge on any atom is -0.497 e. The first kappa shape index (κ1) is 13.0. The number of benzene rings is 2. The van der Waals surface area contributed by atoms with Gasteiger partial charge in [0.1, 0.15) is 11.5 Å². The van der Waals surface area contributed by atoms with Crippen molar-refractivity contribution in [1.82, 2.24) is 0 Å². The SMILES string of the molecule is COc1ccc(/C=N/Nc2ccccc2OC)cc1. The van der Waals surface area contributed by atoms with Crippen LogP contribution in [-0.4, -0.2) is 20.4 Å². The Hall–Kier alpha value is -2.49. The first-order chi connectivity index (χ1) is 9.33. The lowest BCUT2D eigenvalue weighted by Crippen LogP contribution is -1.94. The van der Waals surface area contributed by atoms with Gasteiger partial charge in [-0.05, 0) is 42.0 Å². The van der Waals surface area contributed by atoms with Gasteiger partial charge in [-0.3, -0.25) is 5.43 Å². The molecule has 0 radical (unpaired) electrons. The van der Waals surface area contributed by atoms with Crippen molar-refractivity contribution < 1.29 is 9.47 Å². The van der Waals surface area contributed by atoms with Crippen LogP contribution in [-0.2, 0) is 0 Å². The van der Waals surface area contributed by atoms with Crippen molar-refractivity contribution >= 4 is 11.9 Å². The molecule has 0 amide bonds. The molecular weight excluding hydrogens is 240 g/mol. The molecule has 4 nitrogen and oxygen atoms in total. The summed E-state index contributed by atoms with van der Waals surface area (Å²) in [7, 11) is 3.28. The molecule has 0 atom stereocenters. The van der Waals surface area contributed by atoms with Crippen molar-refractivity contribution in [3.63, 3.8) is 0 Å². The third kappa shape index (κ3) is 3.48. The van der Waals surface area contributed by atoms with Crippen LogP contribution in [0.3, 0.4) is 0 Å². The van der Waals surface area contributed by atoms with E-state index < -0.39 is 0 Å². The van der Waals surface area contributed by atoms with Crippen molar-refractivity contribution in [3.8, 4) is 11.5 Å². The minimum atomic E-state index is 0.759. The summed E-state index contributed by atoms with van der Waals surface area (Å²) in [6.45, 7) is 0. The van der Waals surface area contributed by atoms with Crippen LogP contribution in [0.25, 0.3) is 0 Å². The van der Waals surface area contributed by atoms with E-state index in [0.29, 0.717) is 0 Å². The zero-order chi connectivity index (χ0) is 13.5. The highest BCUT2D eigenvalue weighted by Crippen LogP contribution is 2.22. The maximum Gasteiger partial charge on any atom is 0.143 e. The number of methoxy groups -OCH3 is 2. The van der Waals surface area contributed by atoms with Crippen LogP contribution in [0.5, 0.6) is 11.5 Å². The minimum absolute atomic E-state index is 0.759. The molecule has 2 aromatic rings. The van der Waals surface area contributed by atoms with Gasteiger partial charge in [-0.2, -0.15) is 5.10 Å². The molecule has 2 rings (SSSR count). The van der Waals surface area contributed by atoms with E-state index in [9.17, 15) is 0 Å². The fourth-order valence-electron chi connectivity index (χ4n) is 1.60. The molecule has 2 aromatic carbocycles. The van der Waals surface area contributed by atoms with E-state index >= 15 is 0 Å². The van der Waals surface area contributed by atoms with Gasteiger partial charge in [-0.15, -0.1) is 0 Å². The average molecular weight is 256 g/mol. The maximum atomic E-state index is 5.23. The number of hydrogen-bond acceptors (Lipinski definition) is 4. The molecule has 0 unspecified atom stereocenters. The second-order valence-electron chi connectivity index (χ2n) is 3.84. The number of anilines is 1. The highest BCUT2D eigenvalue weighted by molar-refractivity contribution is 5.80. The Bertz CT molecular complexity index is 550. The number of nitrogens with zero attached hydrogens (tertiary/aromatic N) is 1. The summed E-state index contributed by atoms with van der Waals surface area (Å²) in [5.74, 6) is 1.59. The Labute approximate surface area is 112 Å². The third-order valence-corrected chi connectivity index (χ3v) is 2.62. The van der Waals surface area contributed by atoms with Gasteiger partial charge in [0, 0.05) is 0 Å². The molecule has 0 fully saturated rings. The molecule has 0 aliphatic carbocycles. The highest BCUT2D eigenvalue weighted by atomic mass is 16.5. The Morgan fingerprint density at radius 1 is 0.947 bits per heavy atom. The fourth-order valence-corrected chi connectivity index (χ4v) is 1.60. The smallest absolute Gasteiger partial charge is 0.143 e. The predicted molar refractivity (Wildman–Crippen MR) is 77.2 cm³/mol. The summed E-state index contributed by atoms with van der Waals surface area (Å²) in [4.78, 5) is 0. The quantitative estimate of drug-likeness (QED) is 0.660. The maximum absolute atomic E-state index is 5.23. The van der Waals surface area contributed by atoms with Crippen LogP contribution >= 0.6 is 0 Å². The first-order valence-electron chi connectivity index (χ1n) is 5.89. The molecule has 0 bridgehead atoms. The van der Waals surface area contributed by atoms with Crippen LogP contribution in [0, 0.1) is 0 Å². The molecule has 0 heterocycles. The van der Waals surface area contributed by atoms with E-state index in [4.69, 9.17) is 9.47 Å². The van der Waals surface area contributed by atoms with Gasteiger partial charge < -0.3 is 9.47 Å². The van der Waals surface area contributed by atoms with Gasteiger partial charge >= 0.3 is 0 Å². The lowest BCUT2D eigenvalue weighted by molar-refractivity contribution is 0.415. The Morgan fingerprint density at radius 2 is 1.68 bits per heavy atom. The van der Waals surface area contributed by atoms with Gasteiger partial charge in [0.15, 0.2) is 0 Å². The van der Waals surface area contributed by atoms with Crippen molar-refractivity contribution in [2.45, 2.75) is 0 Å². The molecule has 0 spiro atoms. The van der Waals surface area contributed by atoms with Crippen molar-refractivity contribution in [2.24, 2.45) is 5.10 Å². The molecule has 0 aliphatic heterocycles. The van der Waals surface area contributed by atoms with Crippen LogP contribution in [0.1, 0.15) is 5.56 Å². The van der Waals surface area contributed by atoms with E-state index in [1.807, 2.05) is 48.5 Å². The van der Waals surface area contributed by atoms with Crippen molar-refractivity contribution in [3.05, 3.63) is 54.1 Å². The van der Waals surface area contributed by atoms with Gasteiger partial charge in [0.25, 0.3) is 0 Å². The highest BCUT2D eigenvalue weighted by Gasteiger charge is 1.98. The number of rotatable bonds is 5. The summed E-state index contributed by atoms with van der Waals surface area (Å²) in [5, 5.41) is 4.18. The Morgan fingerprint density at radius 3 is 2.37 bits per heavy atom. The average Bonchev–Trinajstić information content (AvgIpc) is 2.48. The summed E-state index contributed by atoms with van der Waals surface area (Å²) >= 11 is 0. The monoisotopic (exact) mass is 256 g/mol. The van der Waals surface area contributed by atoms with Crippen LogP contribution in [0.2, 0.25) is 0 Å². The van der Waals surface area contributed by atoms with Gasteiger partial charge in [-0.1, -0.05) is 12.1 Å². The Balaban J connectivity index is 2.02. The number of ether oxygens (including phenoxy) is 2. The summed E-state index contributed by atoms with van der Waals surface area (Å²) < 4.78 is 10.3. The zero-order valence-corrected chi connectivity index (χ0v) is 11.0. The summed E-state index contributed by atoms with van der Waals surface area (Å²) in [5.41, 5.74) is 4.77. The number of hydrogen-bond donors (Lipinski definition) is 1. The van der Waals surface area contributed by atoms with Crippen LogP contribution < -0.4 is 14.9 Å². The Kier molecular flexibility index (Phi) is 4.39. The lowest BCUT2D eigenvalue weighted by Gasteiger charge is -2.06. The third-order valence-electron chi connectivity index (χ3n) is 2.62. The molecule has 0 aromatic heterocycles. The van der Waals surface area contributed by atoms with Gasteiger partial charge in [-0.25, -0.2) is 0 Å². The summed E-state index contributed by atoms with van der Waals surface area (Å²) in [6, 6.07) is 15.3. The summed E-state index contributed by atoms with van der Waals surface area (Å²) in [6.07, 6.45) is 1.74. The number of para-hydroxylation sites is 2. The van der Waals surface area contributed by atoms with E-state index in [1.54, 1.807) is 20.4 Å². The van der Waals surface area contributed by atoms with Gasteiger partial charge in [0.05, 0.1) is 26.1 Å². The molecule has 4 heteroatoms. The molecule has 0 saturated carbocycles. The molecular formula is C15H16N2O2. The van der Waals surface area contributed by atoms with Crippen molar-refractivity contribution in [2.75, 3.05) is 19.6 Å². The van der Waals surface area contributed by atoms with Gasteiger partial charge in [0.2, 0.25) is 0 Å². The zero-order valence-electron chi connectivity index (χ0n) is 11.0. The van der Waals surface area contributed by atoms with Crippen molar-refractivity contribution in [1.29, 1.82) is 0 Å². The van der Waals surface area contributed by atoms with E-state index in [1.165, 1.54) is 0 Å². The van der Waals surface area contributed by atoms with Crippen LogP contribution in [0.15, 0.2) is 53.6 Å². The number of nitrogens with one attached hydrogen (secondary N) is 1. The molecule has 0 aliphatic rings. The second kappa shape index (κ2) is 6.44. The largest absolute Gasteiger partial charge is 0.497 e. The lowest BCUT2D eigenvalue weighted by atomic mass is 10.2. The standard InChI is InChI=1S/C15H16N2O2/c1-18-13-9-7-12(8-10-13)11-16-17-14-5-3-4-6-15(14)19-2/h3-11,17H,1-2H3/b16-11+. The molecule has 0 saturated heterocycles. The molecule has 19 heavy (non-hydrogen) atoms. The predicted octanol–water partition coefficient (Wildman–Crippen LogP) is 3.15. The van der Waals surface area contributed by atoms with E-state index in [0.717, 1.165) is 22.7 Å². The normalized spacial score (nSPS) is 10.4. The first-order valence-corrected chi connectivity index (χ1v) is 5.89. The van der Waals surface area contributed by atoms with Crippen LogP contribution in [0.4, 0.5) is 5.69 Å². The topological polar surface area (TPSA) is 42.8 Å². The van der Waals surface area contributed by atoms with E-state index in [2.05, 4.69) is 10.5 Å².